The average molecular weight is 443 g/mol. The number of thioether (sulfide) groups is 1. The maximum atomic E-state index is 13.4. The van der Waals surface area contributed by atoms with E-state index in [1.807, 2.05) is 47.8 Å². The molecular formula is C22H19ClN2O2S2. The molecule has 4 rings (SSSR count). The highest BCUT2D eigenvalue weighted by atomic mass is 35.5. The number of hydrogen-bond acceptors (Lipinski definition) is 4. The highest BCUT2D eigenvalue weighted by Crippen LogP contribution is 2.44. The largest absolute Gasteiger partial charge is 0.350 e. The highest BCUT2D eigenvalue weighted by Gasteiger charge is 2.43. The third-order valence-corrected chi connectivity index (χ3v) is 7.45. The molecule has 2 amide bonds. The molecular weight excluding hydrogens is 424 g/mol. The van der Waals surface area contributed by atoms with Crippen LogP contribution in [0.2, 0.25) is 5.02 Å². The van der Waals surface area contributed by atoms with Crippen molar-refractivity contribution in [3.8, 4) is 0 Å². The predicted molar refractivity (Wildman–Crippen MR) is 119 cm³/mol. The maximum Gasteiger partial charge on any atom is 0.257 e. The molecule has 3 aromatic rings. The second kappa shape index (κ2) is 9.03. The van der Waals surface area contributed by atoms with Gasteiger partial charge in [-0.05, 0) is 29.1 Å². The Kier molecular flexibility index (Phi) is 6.23. The number of nitrogens with zero attached hydrogens (tertiary/aromatic N) is 1. The molecule has 29 heavy (non-hydrogen) atoms. The first-order valence-corrected chi connectivity index (χ1v) is 11.5. The lowest BCUT2D eigenvalue weighted by molar-refractivity contribution is -0.125. The topological polar surface area (TPSA) is 49.4 Å². The maximum absolute atomic E-state index is 13.4. The van der Waals surface area contributed by atoms with E-state index in [0.29, 0.717) is 22.9 Å². The quantitative estimate of drug-likeness (QED) is 0.606. The summed E-state index contributed by atoms with van der Waals surface area (Å²) in [7, 11) is 0. The fourth-order valence-corrected chi connectivity index (χ4v) is 5.90. The van der Waals surface area contributed by atoms with Gasteiger partial charge in [0.25, 0.3) is 5.91 Å². The summed E-state index contributed by atoms with van der Waals surface area (Å²) in [6.07, 6.45) is 0. The first-order valence-electron chi connectivity index (χ1n) is 9.19. The molecule has 1 aromatic heterocycles. The van der Waals surface area contributed by atoms with Crippen LogP contribution in [0.3, 0.4) is 0 Å². The van der Waals surface area contributed by atoms with E-state index in [1.165, 1.54) is 0 Å². The molecule has 0 spiro atoms. The van der Waals surface area contributed by atoms with Crippen molar-refractivity contribution in [2.45, 2.75) is 18.0 Å². The first kappa shape index (κ1) is 20.0. The number of hydrogen-bond donors (Lipinski definition) is 1. The van der Waals surface area contributed by atoms with E-state index in [0.717, 1.165) is 10.4 Å². The van der Waals surface area contributed by atoms with E-state index >= 15 is 0 Å². The lowest BCUT2D eigenvalue weighted by Crippen LogP contribution is -2.47. The Morgan fingerprint density at radius 2 is 1.79 bits per heavy atom. The van der Waals surface area contributed by atoms with Gasteiger partial charge in [-0.1, -0.05) is 60.1 Å². The van der Waals surface area contributed by atoms with Gasteiger partial charge in [0.15, 0.2) is 0 Å². The van der Waals surface area contributed by atoms with E-state index in [2.05, 4.69) is 5.32 Å². The number of rotatable bonds is 5. The van der Waals surface area contributed by atoms with Crippen molar-refractivity contribution < 1.29 is 9.59 Å². The van der Waals surface area contributed by atoms with Crippen LogP contribution in [0.5, 0.6) is 0 Å². The molecule has 2 atom stereocenters. The third-order valence-electron chi connectivity index (χ3n) is 4.74. The zero-order valence-corrected chi connectivity index (χ0v) is 17.8. The molecule has 2 heterocycles. The third kappa shape index (κ3) is 4.34. The van der Waals surface area contributed by atoms with Gasteiger partial charge in [-0.2, -0.15) is 0 Å². The SMILES string of the molecule is O=C(NCc1ccccc1)C1CSC(c2cccs2)N1C(=O)c1ccccc1Cl. The summed E-state index contributed by atoms with van der Waals surface area (Å²) < 4.78 is 0. The molecule has 148 valence electrons. The van der Waals surface area contributed by atoms with Crippen molar-refractivity contribution in [1.82, 2.24) is 10.2 Å². The fraction of sp³-hybridized carbons (Fsp3) is 0.182. The molecule has 1 saturated heterocycles. The average Bonchev–Trinajstić information content (AvgIpc) is 3.42. The van der Waals surface area contributed by atoms with Crippen LogP contribution < -0.4 is 5.32 Å². The second-order valence-corrected chi connectivity index (χ2v) is 9.11. The van der Waals surface area contributed by atoms with Gasteiger partial charge < -0.3 is 10.2 Å². The van der Waals surface area contributed by atoms with Crippen LogP contribution in [0.4, 0.5) is 0 Å². The Bertz CT molecular complexity index is 995. The molecule has 0 bridgehead atoms. The van der Waals surface area contributed by atoms with Crippen molar-refractivity contribution in [3.63, 3.8) is 0 Å². The Balaban J connectivity index is 1.59. The van der Waals surface area contributed by atoms with Crippen LogP contribution in [0, 0.1) is 0 Å². The molecule has 0 aliphatic carbocycles. The number of halogens is 1. The van der Waals surface area contributed by atoms with Crippen molar-refractivity contribution >= 4 is 46.5 Å². The zero-order valence-electron chi connectivity index (χ0n) is 15.5. The number of benzene rings is 2. The van der Waals surface area contributed by atoms with E-state index in [4.69, 9.17) is 11.6 Å². The summed E-state index contributed by atoms with van der Waals surface area (Å²) in [6, 6.07) is 20.1. The molecule has 1 aliphatic rings. The Hall–Kier alpha value is -2.28. The lowest BCUT2D eigenvalue weighted by atomic mass is 10.1. The van der Waals surface area contributed by atoms with Gasteiger partial charge in [0.1, 0.15) is 11.4 Å². The molecule has 2 aromatic carbocycles. The van der Waals surface area contributed by atoms with Gasteiger partial charge >= 0.3 is 0 Å². The minimum absolute atomic E-state index is 0.152. The van der Waals surface area contributed by atoms with Crippen LogP contribution in [0.25, 0.3) is 0 Å². The smallest absolute Gasteiger partial charge is 0.257 e. The highest BCUT2D eigenvalue weighted by molar-refractivity contribution is 7.99. The van der Waals surface area contributed by atoms with Crippen molar-refractivity contribution in [3.05, 3.63) is 93.1 Å². The van der Waals surface area contributed by atoms with E-state index in [9.17, 15) is 9.59 Å². The van der Waals surface area contributed by atoms with Gasteiger partial charge in [0.05, 0.1) is 10.6 Å². The van der Waals surface area contributed by atoms with E-state index in [-0.39, 0.29) is 17.2 Å². The Morgan fingerprint density at radius 1 is 1.03 bits per heavy atom. The fourth-order valence-electron chi connectivity index (χ4n) is 3.28. The minimum Gasteiger partial charge on any atom is -0.350 e. The normalized spacial score (nSPS) is 18.6. The molecule has 1 fully saturated rings. The monoisotopic (exact) mass is 442 g/mol. The van der Waals surface area contributed by atoms with Gasteiger partial charge in [0, 0.05) is 17.2 Å². The lowest BCUT2D eigenvalue weighted by Gasteiger charge is -2.28. The summed E-state index contributed by atoms with van der Waals surface area (Å²) in [5.41, 5.74) is 1.43. The number of carbonyl (C=O) groups is 2. The van der Waals surface area contributed by atoms with E-state index in [1.54, 1.807) is 52.3 Å². The van der Waals surface area contributed by atoms with Crippen LogP contribution in [-0.4, -0.2) is 28.5 Å². The molecule has 1 aliphatic heterocycles. The Labute approximate surface area is 182 Å². The Morgan fingerprint density at radius 3 is 2.52 bits per heavy atom. The van der Waals surface area contributed by atoms with Crippen LogP contribution in [-0.2, 0) is 11.3 Å². The first-order chi connectivity index (χ1) is 14.1. The predicted octanol–water partition coefficient (Wildman–Crippen LogP) is 4.97. The number of amides is 2. The van der Waals surface area contributed by atoms with Gasteiger partial charge in [-0.15, -0.1) is 23.1 Å². The molecule has 0 saturated carbocycles. The number of carbonyl (C=O) groups excluding carboxylic acids is 2. The standard InChI is InChI=1S/C22H19ClN2O2S2/c23-17-10-5-4-9-16(17)21(27)25-18(14-29-22(25)19-11-6-12-28-19)20(26)24-13-15-7-2-1-3-8-15/h1-12,18,22H,13-14H2,(H,24,26). The second-order valence-electron chi connectivity index (χ2n) is 6.61. The van der Waals surface area contributed by atoms with E-state index < -0.39 is 6.04 Å². The van der Waals surface area contributed by atoms with Crippen LogP contribution in [0.15, 0.2) is 72.1 Å². The van der Waals surface area contributed by atoms with Gasteiger partial charge in [0.2, 0.25) is 5.91 Å². The molecule has 7 heteroatoms. The summed E-state index contributed by atoms with van der Waals surface area (Å²) in [5, 5.41) is 5.15. The number of nitrogens with one attached hydrogen (secondary N) is 1. The minimum atomic E-state index is -0.556. The zero-order chi connectivity index (χ0) is 20.2. The molecule has 1 N–H and O–H groups in total. The van der Waals surface area contributed by atoms with Crippen LogP contribution >= 0.6 is 34.7 Å². The summed E-state index contributed by atoms with van der Waals surface area (Å²) >= 11 is 9.48. The summed E-state index contributed by atoms with van der Waals surface area (Å²) in [6.45, 7) is 0.429. The number of thiophene rings is 1. The summed E-state index contributed by atoms with van der Waals surface area (Å²) in [5.74, 6) is 0.166. The summed E-state index contributed by atoms with van der Waals surface area (Å²) in [4.78, 5) is 29.2. The molecule has 4 nitrogen and oxygen atoms in total. The molecule has 0 radical (unpaired) electrons. The van der Waals surface area contributed by atoms with Crippen molar-refractivity contribution in [2.24, 2.45) is 0 Å². The van der Waals surface area contributed by atoms with Crippen LogP contribution in [0.1, 0.15) is 26.2 Å². The van der Waals surface area contributed by atoms with Crippen molar-refractivity contribution in [2.75, 3.05) is 5.75 Å². The van der Waals surface area contributed by atoms with Crippen molar-refractivity contribution in [1.29, 1.82) is 0 Å². The van der Waals surface area contributed by atoms with Gasteiger partial charge in [-0.3, -0.25) is 9.59 Å². The van der Waals surface area contributed by atoms with Gasteiger partial charge in [-0.25, -0.2) is 0 Å². The molecule has 2 unspecified atom stereocenters.